The summed E-state index contributed by atoms with van der Waals surface area (Å²) < 4.78 is 32.4. The first-order chi connectivity index (χ1) is 10.5. The molecule has 1 atom stereocenters. The summed E-state index contributed by atoms with van der Waals surface area (Å²) in [5.41, 5.74) is 1.00. The lowest BCUT2D eigenvalue weighted by atomic mass is 10.1. The molecule has 0 aliphatic rings. The Balaban J connectivity index is 2.18. The van der Waals surface area contributed by atoms with Crippen molar-refractivity contribution in [2.24, 2.45) is 0 Å². The first-order valence-electron chi connectivity index (χ1n) is 7.34. The molecule has 1 aromatic heterocycles. The van der Waals surface area contributed by atoms with Crippen molar-refractivity contribution in [2.75, 3.05) is 5.75 Å². The molecule has 1 N–H and O–H groups in total. The molecule has 2 rings (SSSR count). The van der Waals surface area contributed by atoms with Gasteiger partial charge in [-0.25, -0.2) is 13.1 Å². The van der Waals surface area contributed by atoms with Gasteiger partial charge in [0.15, 0.2) is 0 Å². The van der Waals surface area contributed by atoms with Gasteiger partial charge in [-0.05, 0) is 18.4 Å². The van der Waals surface area contributed by atoms with Gasteiger partial charge in [0.1, 0.15) is 6.04 Å². The minimum absolute atomic E-state index is 0.0991. The van der Waals surface area contributed by atoms with Gasteiger partial charge in [0.2, 0.25) is 21.8 Å². The Morgan fingerprint density at radius 1 is 1.23 bits per heavy atom. The highest BCUT2D eigenvalue weighted by Crippen LogP contribution is 2.18. The monoisotopic (exact) mass is 323 g/mol. The standard InChI is InChI=1S/C15H21N3O3S/c1-3-4-10-22(19,20)18-14(15-17-16-12(2)21-15)11-13-8-6-5-7-9-13/h5-9,14,18H,3-4,10-11H2,1-2H3. The molecular formula is C15H21N3O3S. The van der Waals surface area contributed by atoms with Crippen molar-refractivity contribution < 1.29 is 12.8 Å². The van der Waals surface area contributed by atoms with Crippen LogP contribution in [-0.4, -0.2) is 24.4 Å². The van der Waals surface area contributed by atoms with E-state index in [0.29, 0.717) is 24.6 Å². The zero-order chi connectivity index (χ0) is 16.0. The maximum atomic E-state index is 12.2. The molecule has 0 amide bonds. The van der Waals surface area contributed by atoms with Gasteiger partial charge in [0.05, 0.1) is 5.75 Å². The molecule has 0 spiro atoms. The number of unbranched alkanes of at least 4 members (excludes halogenated alkanes) is 1. The first kappa shape index (κ1) is 16.6. The van der Waals surface area contributed by atoms with Crippen molar-refractivity contribution in [3.8, 4) is 0 Å². The summed E-state index contributed by atoms with van der Waals surface area (Å²) in [5, 5.41) is 7.75. The maximum Gasteiger partial charge on any atom is 0.234 e. The van der Waals surface area contributed by atoms with E-state index in [2.05, 4.69) is 14.9 Å². The summed E-state index contributed by atoms with van der Waals surface area (Å²) in [4.78, 5) is 0. The van der Waals surface area contributed by atoms with Gasteiger partial charge < -0.3 is 4.42 Å². The Kier molecular flexibility index (Phi) is 5.68. The highest BCUT2D eigenvalue weighted by molar-refractivity contribution is 7.89. The lowest BCUT2D eigenvalue weighted by molar-refractivity contribution is 0.411. The molecule has 0 saturated carbocycles. The minimum atomic E-state index is -3.38. The fourth-order valence-corrected chi connectivity index (χ4v) is 3.50. The maximum absolute atomic E-state index is 12.2. The van der Waals surface area contributed by atoms with Crippen molar-refractivity contribution in [3.05, 3.63) is 47.7 Å². The molecule has 0 fully saturated rings. The van der Waals surface area contributed by atoms with Gasteiger partial charge in [-0.15, -0.1) is 10.2 Å². The Labute approximate surface area is 131 Å². The molecule has 1 unspecified atom stereocenters. The quantitative estimate of drug-likeness (QED) is 0.806. The number of hydrogen-bond acceptors (Lipinski definition) is 5. The molecule has 0 aliphatic heterocycles. The fraction of sp³-hybridized carbons (Fsp3) is 0.467. The smallest absolute Gasteiger partial charge is 0.234 e. The fourth-order valence-electron chi connectivity index (χ4n) is 2.09. The minimum Gasteiger partial charge on any atom is -0.424 e. The SMILES string of the molecule is CCCCS(=O)(=O)NC(Cc1ccccc1)c1nnc(C)o1. The number of sulfonamides is 1. The first-order valence-corrected chi connectivity index (χ1v) is 8.99. The highest BCUT2D eigenvalue weighted by atomic mass is 32.2. The summed E-state index contributed by atoms with van der Waals surface area (Å²) >= 11 is 0. The van der Waals surface area contributed by atoms with Crippen molar-refractivity contribution in [1.82, 2.24) is 14.9 Å². The Bertz CT molecular complexity index is 683. The molecule has 1 aromatic carbocycles. The van der Waals surface area contributed by atoms with Crippen LogP contribution in [-0.2, 0) is 16.4 Å². The van der Waals surface area contributed by atoms with Crippen LogP contribution in [0.2, 0.25) is 0 Å². The van der Waals surface area contributed by atoms with E-state index in [9.17, 15) is 8.42 Å². The van der Waals surface area contributed by atoms with E-state index < -0.39 is 16.1 Å². The summed E-state index contributed by atoms with van der Waals surface area (Å²) in [6, 6.07) is 9.08. The number of nitrogens with one attached hydrogen (secondary N) is 1. The van der Waals surface area contributed by atoms with Gasteiger partial charge >= 0.3 is 0 Å². The largest absolute Gasteiger partial charge is 0.424 e. The molecule has 2 aromatic rings. The lowest BCUT2D eigenvalue weighted by Crippen LogP contribution is -2.32. The van der Waals surface area contributed by atoms with Crippen molar-refractivity contribution in [3.63, 3.8) is 0 Å². The van der Waals surface area contributed by atoms with Crippen molar-refractivity contribution >= 4 is 10.0 Å². The van der Waals surface area contributed by atoms with E-state index in [4.69, 9.17) is 4.42 Å². The molecule has 120 valence electrons. The zero-order valence-corrected chi connectivity index (χ0v) is 13.6. The van der Waals surface area contributed by atoms with Crippen molar-refractivity contribution in [1.29, 1.82) is 0 Å². The number of aromatic nitrogens is 2. The second-order valence-corrected chi connectivity index (χ2v) is 7.07. The Morgan fingerprint density at radius 2 is 1.95 bits per heavy atom. The average Bonchev–Trinajstić information content (AvgIpc) is 2.92. The molecule has 7 heteroatoms. The van der Waals surface area contributed by atoms with E-state index in [0.717, 1.165) is 12.0 Å². The summed E-state index contributed by atoms with van der Waals surface area (Å²) in [7, 11) is -3.38. The summed E-state index contributed by atoms with van der Waals surface area (Å²) in [6.07, 6.45) is 1.91. The molecule has 0 saturated heterocycles. The van der Waals surface area contributed by atoms with Crippen LogP contribution in [0.25, 0.3) is 0 Å². The van der Waals surface area contributed by atoms with Crippen LogP contribution in [0.15, 0.2) is 34.7 Å². The van der Waals surface area contributed by atoms with Gasteiger partial charge in [0.25, 0.3) is 0 Å². The van der Waals surface area contributed by atoms with Crippen LogP contribution in [0.5, 0.6) is 0 Å². The third-order valence-electron chi connectivity index (χ3n) is 3.21. The molecule has 22 heavy (non-hydrogen) atoms. The third kappa shape index (κ3) is 4.92. The van der Waals surface area contributed by atoms with E-state index >= 15 is 0 Å². The molecule has 0 radical (unpaired) electrons. The predicted octanol–water partition coefficient (Wildman–Crippen LogP) is 2.38. The topological polar surface area (TPSA) is 85.1 Å². The van der Waals surface area contributed by atoms with Crippen LogP contribution < -0.4 is 4.72 Å². The number of aryl methyl sites for hydroxylation is 1. The number of benzene rings is 1. The highest BCUT2D eigenvalue weighted by Gasteiger charge is 2.24. The number of nitrogens with zero attached hydrogens (tertiary/aromatic N) is 2. The number of rotatable bonds is 8. The summed E-state index contributed by atoms with van der Waals surface area (Å²) in [6.45, 7) is 3.64. The zero-order valence-electron chi connectivity index (χ0n) is 12.8. The molecule has 0 aliphatic carbocycles. The van der Waals surface area contributed by atoms with E-state index in [-0.39, 0.29) is 5.75 Å². The molecule has 0 bridgehead atoms. The second kappa shape index (κ2) is 7.51. The van der Waals surface area contributed by atoms with Crippen LogP contribution in [0, 0.1) is 6.92 Å². The average molecular weight is 323 g/mol. The van der Waals surface area contributed by atoms with Gasteiger partial charge in [-0.1, -0.05) is 43.7 Å². The van der Waals surface area contributed by atoms with E-state index in [1.165, 1.54) is 0 Å². The predicted molar refractivity (Wildman–Crippen MR) is 83.8 cm³/mol. The summed E-state index contributed by atoms with van der Waals surface area (Å²) in [5.74, 6) is 0.810. The Morgan fingerprint density at radius 3 is 2.55 bits per heavy atom. The van der Waals surface area contributed by atoms with E-state index in [1.807, 2.05) is 37.3 Å². The molecule has 1 heterocycles. The van der Waals surface area contributed by atoms with Crippen LogP contribution in [0.4, 0.5) is 0 Å². The second-order valence-electron chi connectivity index (χ2n) is 5.19. The van der Waals surface area contributed by atoms with Crippen LogP contribution >= 0.6 is 0 Å². The van der Waals surface area contributed by atoms with Gasteiger partial charge in [-0.2, -0.15) is 0 Å². The Hall–Kier alpha value is -1.73. The lowest BCUT2D eigenvalue weighted by Gasteiger charge is -2.15. The van der Waals surface area contributed by atoms with Crippen LogP contribution in [0.1, 0.15) is 43.2 Å². The van der Waals surface area contributed by atoms with E-state index in [1.54, 1.807) is 6.92 Å². The van der Waals surface area contributed by atoms with Crippen LogP contribution in [0.3, 0.4) is 0 Å². The molecular weight excluding hydrogens is 302 g/mol. The van der Waals surface area contributed by atoms with Gasteiger partial charge in [-0.3, -0.25) is 0 Å². The number of hydrogen-bond donors (Lipinski definition) is 1. The van der Waals surface area contributed by atoms with Crippen molar-refractivity contribution in [2.45, 2.75) is 39.2 Å². The third-order valence-corrected chi connectivity index (χ3v) is 4.68. The molecule has 6 nitrogen and oxygen atoms in total. The van der Waals surface area contributed by atoms with Gasteiger partial charge in [0, 0.05) is 6.92 Å². The normalized spacial score (nSPS) is 13.2.